The number of amides is 2. The predicted octanol–water partition coefficient (Wildman–Crippen LogP) is 1.06. The van der Waals surface area contributed by atoms with Crippen LogP contribution in [-0.2, 0) is 6.42 Å². The second kappa shape index (κ2) is 7.99. The highest BCUT2D eigenvalue weighted by Crippen LogP contribution is 2.21. The van der Waals surface area contributed by atoms with Crippen molar-refractivity contribution in [1.82, 2.24) is 29.7 Å². The molecular formula is C18H22N6O2. The standard InChI is InChI=1S/C18H22N6O2/c1-23(2)18(26)16-7-15(21-12-22-16)6-13-4-3-5-24(10-13)17(25)14-8-19-11-20-9-14/h7-9,11-13H,3-6,10H2,1-2H3/t13-/m1/s1. The molecule has 3 rings (SSSR count). The van der Waals surface area contributed by atoms with Crippen molar-refractivity contribution in [2.24, 2.45) is 5.92 Å². The molecule has 2 aromatic rings. The van der Waals surface area contributed by atoms with Gasteiger partial charge in [0.25, 0.3) is 11.8 Å². The molecule has 1 atom stereocenters. The molecule has 0 aromatic carbocycles. The van der Waals surface area contributed by atoms with Crippen molar-refractivity contribution in [2.75, 3.05) is 27.2 Å². The largest absolute Gasteiger partial charge is 0.343 e. The number of aromatic nitrogens is 4. The Morgan fingerprint density at radius 2 is 1.96 bits per heavy atom. The van der Waals surface area contributed by atoms with Crippen LogP contribution in [0, 0.1) is 5.92 Å². The Morgan fingerprint density at radius 1 is 1.19 bits per heavy atom. The lowest BCUT2D eigenvalue weighted by atomic mass is 9.92. The van der Waals surface area contributed by atoms with Crippen molar-refractivity contribution in [3.8, 4) is 0 Å². The maximum atomic E-state index is 12.6. The van der Waals surface area contributed by atoms with E-state index in [-0.39, 0.29) is 11.8 Å². The van der Waals surface area contributed by atoms with Gasteiger partial charge in [-0.3, -0.25) is 9.59 Å². The van der Waals surface area contributed by atoms with E-state index in [4.69, 9.17) is 0 Å². The van der Waals surface area contributed by atoms with Crippen LogP contribution >= 0.6 is 0 Å². The molecule has 1 fully saturated rings. The number of rotatable bonds is 4. The first-order chi connectivity index (χ1) is 12.5. The van der Waals surface area contributed by atoms with Gasteiger partial charge >= 0.3 is 0 Å². The van der Waals surface area contributed by atoms with Crippen LogP contribution in [0.25, 0.3) is 0 Å². The van der Waals surface area contributed by atoms with Crippen LogP contribution in [-0.4, -0.2) is 68.7 Å². The molecule has 0 radical (unpaired) electrons. The molecule has 3 heterocycles. The van der Waals surface area contributed by atoms with E-state index < -0.39 is 0 Å². The van der Waals surface area contributed by atoms with Crippen LogP contribution in [0.15, 0.2) is 31.1 Å². The van der Waals surface area contributed by atoms with E-state index in [9.17, 15) is 9.59 Å². The van der Waals surface area contributed by atoms with Gasteiger partial charge in [0.1, 0.15) is 18.3 Å². The van der Waals surface area contributed by atoms with E-state index in [2.05, 4.69) is 19.9 Å². The fourth-order valence-corrected chi connectivity index (χ4v) is 3.16. The number of hydrogen-bond donors (Lipinski definition) is 0. The molecule has 1 aliphatic heterocycles. The smallest absolute Gasteiger partial charge is 0.272 e. The van der Waals surface area contributed by atoms with Gasteiger partial charge in [0.05, 0.1) is 5.56 Å². The third-order valence-electron chi connectivity index (χ3n) is 4.46. The van der Waals surface area contributed by atoms with Gasteiger partial charge in [-0.25, -0.2) is 19.9 Å². The molecule has 0 spiro atoms. The Bertz CT molecular complexity index is 780. The van der Waals surface area contributed by atoms with Crippen molar-refractivity contribution < 1.29 is 9.59 Å². The summed E-state index contributed by atoms with van der Waals surface area (Å²) >= 11 is 0. The molecule has 0 bridgehead atoms. The maximum absolute atomic E-state index is 12.6. The number of piperidine rings is 1. The fraction of sp³-hybridized carbons (Fsp3) is 0.444. The predicted molar refractivity (Wildman–Crippen MR) is 94.4 cm³/mol. The van der Waals surface area contributed by atoms with Crippen LogP contribution in [0.2, 0.25) is 0 Å². The fourth-order valence-electron chi connectivity index (χ4n) is 3.16. The topological polar surface area (TPSA) is 92.2 Å². The third kappa shape index (κ3) is 4.19. The molecule has 26 heavy (non-hydrogen) atoms. The molecule has 2 amide bonds. The van der Waals surface area contributed by atoms with Gasteiger partial charge in [-0.2, -0.15) is 0 Å². The zero-order chi connectivity index (χ0) is 18.5. The van der Waals surface area contributed by atoms with Crippen molar-refractivity contribution >= 4 is 11.8 Å². The first-order valence-corrected chi connectivity index (χ1v) is 8.61. The first kappa shape index (κ1) is 17.9. The zero-order valence-corrected chi connectivity index (χ0v) is 15.0. The van der Waals surface area contributed by atoms with Gasteiger partial charge in [-0.05, 0) is 31.2 Å². The average molecular weight is 354 g/mol. The lowest BCUT2D eigenvalue weighted by molar-refractivity contribution is 0.0671. The van der Waals surface area contributed by atoms with Crippen LogP contribution in [0.1, 0.15) is 39.4 Å². The summed E-state index contributed by atoms with van der Waals surface area (Å²) < 4.78 is 0. The number of likely N-dealkylation sites (tertiary alicyclic amines) is 1. The minimum absolute atomic E-state index is 0.0403. The summed E-state index contributed by atoms with van der Waals surface area (Å²) in [5.74, 6) is 0.120. The van der Waals surface area contributed by atoms with E-state index in [1.54, 1.807) is 32.6 Å². The molecule has 1 aliphatic rings. The second-order valence-corrected chi connectivity index (χ2v) is 6.68. The molecule has 0 unspecified atom stereocenters. The number of hydrogen-bond acceptors (Lipinski definition) is 6. The molecule has 0 saturated carbocycles. The summed E-state index contributed by atoms with van der Waals surface area (Å²) in [5.41, 5.74) is 1.73. The average Bonchev–Trinajstić information content (AvgIpc) is 2.68. The van der Waals surface area contributed by atoms with Crippen LogP contribution in [0.4, 0.5) is 0 Å². The monoisotopic (exact) mass is 354 g/mol. The summed E-state index contributed by atoms with van der Waals surface area (Å²) in [6, 6.07) is 1.74. The van der Waals surface area contributed by atoms with Crippen molar-refractivity contribution in [2.45, 2.75) is 19.3 Å². The molecule has 136 valence electrons. The highest BCUT2D eigenvalue weighted by atomic mass is 16.2. The minimum Gasteiger partial charge on any atom is -0.343 e. The third-order valence-corrected chi connectivity index (χ3v) is 4.46. The van der Waals surface area contributed by atoms with Crippen molar-refractivity contribution in [3.05, 3.63) is 48.1 Å². The lowest BCUT2D eigenvalue weighted by Gasteiger charge is -2.32. The minimum atomic E-state index is -0.141. The molecule has 2 aromatic heterocycles. The highest BCUT2D eigenvalue weighted by molar-refractivity contribution is 5.93. The first-order valence-electron chi connectivity index (χ1n) is 8.61. The molecule has 8 nitrogen and oxygen atoms in total. The van der Waals surface area contributed by atoms with E-state index in [1.165, 1.54) is 17.6 Å². The second-order valence-electron chi connectivity index (χ2n) is 6.68. The van der Waals surface area contributed by atoms with Crippen LogP contribution in [0.5, 0.6) is 0 Å². The van der Waals surface area contributed by atoms with E-state index in [0.717, 1.165) is 25.1 Å². The zero-order valence-electron chi connectivity index (χ0n) is 15.0. The molecule has 8 heteroatoms. The Balaban J connectivity index is 1.66. The molecule has 1 saturated heterocycles. The maximum Gasteiger partial charge on any atom is 0.272 e. The molecule has 0 N–H and O–H groups in total. The lowest BCUT2D eigenvalue weighted by Crippen LogP contribution is -2.40. The van der Waals surface area contributed by atoms with E-state index in [1.807, 2.05) is 4.90 Å². The van der Waals surface area contributed by atoms with Gasteiger partial charge in [0, 0.05) is 45.3 Å². The Hall–Kier alpha value is -2.90. The summed E-state index contributed by atoms with van der Waals surface area (Å²) in [5, 5.41) is 0. The van der Waals surface area contributed by atoms with Gasteiger partial charge in [-0.15, -0.1) is 0 Å². The Kier molecular flexibility index (Phi) is 5.50. The summed E-state index contributed by atoms with van der Waals surface area (Å²) in [4.78, 5) is 44.2. The Morgan fingerprint density at radius 3 is 2.69 bits per heavy atom. The van der Waals surface area contributed by atoms with E-state index >= 15 is 0 Å². The van der Waals surface area contributed by atoms with Gasteiger partial charge < -0.3 is 9.80 Å². The summed E-state index contributed by atoms with van der Waals surface area (Å²) in [7, 11) is 3.39. The van der Waals surface area contributed by atoms with Crippen molar-refractivity contribution in [1.29, 1.82) is 0 Å². The number of carbonyl (C=O) groups is 2. The molecule has 0 aliphatic carbocycles. The highest BCUT2D eigenvalue weighted by Gasteiger charge is 2.25. The normalized spacial score (nSPS) is 17.0. The summed E-state index contributed by atoms with van der Waals surface area (Å²) in [6.07, 6.45) is 8.61. The number of nitrogens with zero attached hydrogens (tertiary/aromatic N) is 6. The number of carbonyl (C=O) groups excluding carboxylic acids is 2. The Labute approximate surface area is 152 Å². The van der Waals surface area contributed by atoms with E-state index in [0.29, 0.717) is 30.1 Å². The van der Waals surface area contributed by atoms with Gasteiger partial charge in [0.15, 0.2) is 0 Å². The quantitative estimate of drug-likeness (QED) is 0.815. The SMILES string of the molecule is CN(C)C(=O)c1cc(C[C@H]2CCCN(C(=O)c3cncnc3)C2)ncn1. The van der Waals surface area contributed by atoms with Crippen molar-refractivity contribution in [3.63, 3.8) is 0 Å². The summed E-state index contributed by atoms with van der Waals surface area (Å²) in [6.45, 7) is 1.40. The van der Waals surface area contributed by atoms with Gasteiger partial charge in [-0.1, -0.05) is 0 Å². The molecular weight excluding hydrogens is 332 g/mol. The van der Waals surface area contributed by atoms with Gasteiger partial charge in [0.2, 0.25) is 0 Å². The van der Waals surface area contributed by atoms with Crippen LogP contribution < -0.4 is 0 Å². The van der Waals surface area contributed by atoms with Crippen LogP contribution in [0.3, 0.4) is 0 Å².